The van der Waals surface area contributed by atoms with Crippen LogP contribution in [0.4, 0.5) is 0 Å². The molecule has 1 saturated carbocycles. The molecule has 1 aliphatic rings. The number of hydrogen-bond acceptors (Lipinski definition) is 2. The van der Waals surface area contributed by atoms with E-state index in [4.69, 9.17) is 4.42 Å². The van der Waals surface area contributed by atoms with Crippen molar-refractivity contribution >= 4 is 0 Å². The molecular weight excluding hydrogens is 126 g/mol. The quantitative estimate of drug-likeness (QED) is 0.624. The Bertz CT molecular complexity index is 211. The molecular formula is C8H11NO. The smallest absolute Gasteiger partial charge is 0.180 e. The average molecular weight is 137 g/mol. The zero-order valence-electron chi connectivity index (χ0n) is 6.13. The van der Waals surface area contributed by atoms with Crippen LogP contribution >= 0.6 is 0 Å². The Morgan fingerprint density at radius 1 is 1.70 bits per heavy atom. The van der Waals surface area contributed by atoms with Crippen LogP contribution in [0.2, 0.25) is 0 Å². The highest BCUT2D eigenvalue weighted by Gasteiger charge is 2.45. The first-order chi connectivity index (χ1) is 4.87. The average Bonchev–Trinajstić information content (AvgIpc) is 2.58. The van der Waals surface area contributed by atoms with Gasteiger partial charge in [0, 0.05) is 5.41 Å². The van der Waals surface area contributed by atoms with Gasteiger partial charge in [0.15, 0.2) is 6.39 Å². The molecule has 1 aromatic rings. The summed E-state index contributed by atoms with van der Waals surface area (Å²) in [6.07, 6.45) is 7.10. The minimum absolute atomic E-state index is 0.385. The summed E-state index contributed by atoms with van der Waals surface area (Å²) in [5.41, 5.74) is 0.385. The minimum atomic E-state index is 0.385. The Kier molecular flexibility index (Phi) is 1.10. The van der Waals surface area contributed by atoms with Crippen molar-refractivity contribution in [1.29, 1.82) is 0 Å². The van der Waals surface area contributed by atoms with E-state index < -0.39 is 0 Å². The van der Waals surface area contributed by atoms with Crippen LogP contribution in [0, 0.1) is 0 Å². The van der Waals surface area contributed by atoms with Crippen LogP contribution in [0.15, 0.2) is 17.0 Å². The van der Waals surface area contributed by atoms with Gasteiger partial charge in [-0.1, -0.05) is 6.92 Å². The minimum Gasteiger partial charge on any atom is -0.448 e. The van der Waals surface area contributed by atoms with Crippen molar-refractivity contribution in [2.24, 2.45) is 0 Å². The molecule has 1 fully saturated rings. The molecule has 54 valence electrons. The van der Waals surface area contributed by atoms with Crippen LogP contribution in [0.1, 0.15) is 31.9 Å². The van der Waals surface area contributed by atoms with Crippen LogP contribution in [-0.4, -0.2) is 4.98 Å². The Morgan fingerprint density at radius 3 is 2.90 bits per heavy atom. The summed E-state index contributed by atoms with van der Waals surface area (Å²) < 4.78 is 5.24. The van der Waals surface area contributed by atoms with E-state index in [1.54, 1.807) is 0 Å². The predicted octanol–water partition coefficient (Wildman–Crippen LogP) is 2.12. The first-order valence-corrected chi connectivity index (χ1v) is 3.76. The third kappa shape index (κ3) is 0.681. The van der Waals surface area contributed by atoms with Crippen LogP contribution in [-0.2, 0) is 5.41 Å². The molecule has 1 aromatic heterocycles. The van der Waals surface area contributed by atoms with Crippen molar-refractivity contribution in [2.45, 2.75) is 31.6 Å². The third-order valence-corrected chi connectivity index (χ3v) is 2.49. The van der Waals surface area contributed by atoms with Crippen molar-refractivity contribution in [3.8, 4) is 0 Å². The van der Waals surface area contributed by atoms with Crippen molar-refractivity contribution in [3.63, 3.8) is 0 Å². The molecule has 0 spiro atoms. The molecule has 0 amide bonds. The molecule has 10 heavy (non-hydrogen) atoms. The zero-order valence-corrected chi connectivity index (χ0v) is 6.13. The first-order valence-electron chi connectivity index (χ1n) is 3.76. The maximum atomic E-state index is 5.24. The summed E-state index contributed by atoms with van der Waals surface area (Å²) in [5, 5.41) is 0. The van der Waals surface area contributed by atoms with Crippen molar-refractivity contribution in [2.75, 3.05) is 0 Å². The number of aromatic nitrogens is 1. The molecule has 0 radical (unpaired) electrons. The first kappa shape index (κ1) is 5.96. The van der Waals surface area contributed by atoms with E-state index >= 15 is 0 Å². The van der Waals surface area contributed by atoms with Gasteiger partial charge in [0.25, 0.3) is 0 Å². The lowest BCUT2D eigenvalue weighted by molar-refractivity contribution is 0.440. The fourth-order valence-corrected chi connectivity index (χ4v) is 1.40. The van der Waals surface area contributed by atoms with E-state index in [-0.39, 0.29) is 0 Å². The van der Waals surface area contributed by atoms with E-state index in [1.165, 1.54) is 25.7 Å². The highest BCUT2D eigenvalue weighted by molar-refractivity contribution is 5.18. The van der Waals surface area contributed by atoms with Gasteiger partial charge in [-0.25, -0.2) is 4.98 Å². The zero-order chi connectivity index (χ0) is 7.03. The second kappa shape index (κ2) is 1.84. The van der Waals surface area contributed by atoms with Crippen molar-refractivity contribution in [1.82, 2.24) is 4.98 Å². The Hall–Kier alpha value is -0.790. The lowest BCUT2D eigenvalue weighted by Crippen LogP contribution is -2.01. The number of rotatable bonds is 2. The van der Waals surface area contributed by atoms with Crippen molar-refractivity contribution < 1.29 is 4.42 Å². The van der Waals surface area contributed by atoms with Gasteiger partial charge in [-0.15, -0.1) is 0 Å². The van der Waals surface area contributed by atoms with E-state index in [1.807, 2.05) is 6.20 Å². The summed E-state index contributed by atoms with van der Waals surface area (Å²) >= 11 is 0. The monoisotopic (exact) mass is 137 g/mol. The molecule has 2 nitrogen and oxygen atoms in total. The Balaban J connectivity index is 2.27. The molecule has 0 N–H and O–H groups in total. The molecule has 0 saturated heterocycles. The lowest BCUT2D eigenvalue weighted by atomic mass is 10.0. The molecule has 2 rings (SSSR count). The lowest BCUT2D eigenvalue weighted by Gasteiger charge is -2.05. The second-order valence-electron chi connectivity index (χ2n) is 3.00. The normalized spacial score (nSPS) is 20.9. The highest BCUT2D eigenvalue weighted by Crippen LogP contribution is 2.50. The fourth-order valence-electron chi connectivity index (χ4n) is 1.40. The van der Waals surface area contributed by atoms with Crippen LogP contribution in [0.25, 0.3) is 0 Å². The van der Waals surface area contributed by atoms with E-state index in [2.05, 4.69) is 11.9 Å². The second-order valence-corrected chi connectivity index (χ2v) is 3.00. The molecule has 0 bridgehead atoms. The summed E-state index contributed by atoms with van der Waals surface area (Å²) in [6.45, 7) is 2.20. The number of nitrogens with zero attached hydrogens (tertiary/aromatic N) is 1. The van der Waals surface area contributed by atoms with Gasteiger partial charge in [-0.2, -0.15) is 0 Å². The molecule has 0 atom stereocenters. The molecule has 2 heteroatoms. The summed E-state index contributed by atoms with van der Waals surface area (Å²) in [7, 11) is 0. The topological polar surface area (TPSA) is 26.0 Å². The van der Waals surface area contributed by atoms with E-state index in [9.17, 15) is 0 Å². The van der Waals surface area contributed by atoms with Gasteiger partial charge in [0.05, 0.1) is 6.20 Å². The molecule has 0 aliphatic heterocycles. The van der Waals surface area contributed by atoms with Gasteiger partial charge in [0.2, 0.25) is 0 Å². The maximum absolute atomic E-state index is 5.24. The van der Waals surface area contributed by atoms with E-state index in [0.717, 1.165) is 5.76 Å². The van der Waals surface area contributed by atoms with Crippen LogP contribution < -0.4 is 0 Å². The molecule has 0 aromatic carbocycles. The van der Waals surface area contributed by atoms with Gasteiger partial charge < -0.3 is 4.42 Å². The van der Waals surface area contributed by atoms with Gasteiger partial charge in [0.1, 0.15) is 5.76 Å². The number of oxazole rings is 1. The van der Waals surface area contributed by atoms with Gasteiger partial charge in [-0.3, -0.25) is 0 Å². The van der Waals surface area contributed by atoms with E-state index in [0.29, 0.717) is 5.41 Å². The fraction of sp³-hybridized carbons (Fsp3) is 0.625. The summed E-state index contributed by atoms with van der Waals surface area (Å²) in [6, 6.07) is 0. The van der Waals surface area contributed by atoms with Crippen molar-refractivity contribution in [3.05, 3.63) is 18.4 Å². The maximum Gasteiger partial charge on any atom is 0.180 e. The largest absolute Gasteiger partial charge is 0.448 e. The number of hydrogen-bond donors (Lipinski definition) is 0. The molecule has 1 aliphatic carbocycles. The standard InChI is InChI=1S/C8H11NO/c1-2-8(3-4-8)7-5-9-6-10-7/h5-6H,2-4H2,1H3. The van der Waals surface area contributed by atoms with Gasteiger partial charge in [-0.05, 0) is 19.3 Å². The Morgan fingerprint density at radius 2 is 2.50 bits per heavy atom. The Labute approximate surface area is 60.3 Å². The summed E-state index contributed by atoms with van der Waals surface area (Å²) in [5.74, 6) is 1.08. The highest BCUT2D eigenvalue weighted by atomic mass is 16.3. The molecule has 1 heterocycles. The molecule has 0 unspecified atom stereocenters. The third-order valence-electron chi connectivity index (χ3n) is 2.49. The predicted molar refractivity (Wildman–Crippen MR) is 37.7 cm³/mol. The summed E-state index contributed by atoms with van der Waals surface area (Å²) in [4.78, 5) is 3.91. The van der Waals surface area contributed by atoms with Crippen LogP contribution in [0.3, 0.4) is 0 Å². The van der Waals surface area contributed by atoms with Gasteiger partial charge >= 0.3 is 0 Å². The van der Waals surface area contributed by atoms with Crippen LogP contribution in [0.5, 0.6) is 0 Å². The SMILES string of the molecule is CCC1(c2cnco2)CC1.